The number of hydrogen-bond acceptors (Lipinski definition) is 5. The van der Waals surface area contributed by atoms with E-state index in [0.29, 0.717) is 16.3 Å². The minimum absolute atomic E-state index is 0.119. The molecule has 1 aromatic carbocycles. The lowest BCUT2D eigenvalue weighted by Gasteiger charge is -2.10. The molecule has 0 bridgehead atoms. The van der Waals surface area contributed by atoms with Gasteiger partial charge in [0.25, 0.3) is 0 Å². The molecule has 7 heteroatoms. The fourth-order valence-corrected chi connectivity index (χ4v) is 3.41. The van der Waals surface area contributed by atoms with Crippen molar-refractivity contribution in [1.82, 2.24) is 4.98 Å². The van der Waals surface area contributed by atoms with Gasteiger partial charge in [-0.05, 0) is 30.3 Å². The van der Waals surface area contributed by atoms with Crippen LogP contribution in [0.2, 0.25) is 5.02 Å². The summed E-state index contributed by atoms with van der Waals surface area (Å²) in [4.78, 5) is 3.84. The maximum atomic E-state index is 12.4. The third-order valence-electron chi connectivity index (χ3n) is 2.68. The molecule has 0 fully saturated rings. The van der Waals surface area contributed by atoms with Crippen LogP contribution < -0.4 is 10.5 Å². The van der Waals surface area contributed by atoms with E-state index in [1.807, 2.05) is 0 Å². The van der Waals surface area contributed by atoms with Gasteiger partial charge in [-0.15, -0.1) is 0 Å². The van der Waals surface area contributed by atoms with Crippen LogP contribution in [0.4, 0.5) is 5.69 Å². The lowest BCUT2D eigenvalue weighted by Crippen LogP contribution is -2.10. The highest BCUT2D eigenvalue weighted by Gasteiger charge is 2.21. The number of nitrogens with two attached hydrogens (primary N) is 1. The Bertz CT molecular complexity index is 732. The minimum Gasteiger partial charge on any atom is -0.496 e. The van der Waals surface area contributed by atoms with Crippen LogP contribution in [0.15, 0.2) is 41.6 Å². The first kappa shape index (κ1) is 14.6. The molecule has 1 heterocycles. The Labute approximate surface area is 122 Å². The highest BCUT2D eigenvalue weighted by molar-refractivity contribution is 7.90. The molecule has 2 rings (SSSR count). The van der Waals surface area contributed by atoms with Crippen LogP contribution in [0.5, 0.6) is 5.75 Å². The van der Waals surface area contributed by atoms with Crippen molar-refractivity contribution in [2.75, 3.05) is 12.8 Å². The number of methoxy groups -OCH3 is 1. The highest BCUT2D eigenvalue weighted by Crippen LogP contribution is 2.27. The summed E-state index contributed by atoms with van der Waals surface area (Å²) in [5, 5.41) is 0.298. The van der Waals surface area contributed by atoms with Gasteiger partial charge in [-0.2, -0.15) is 0 Å². The molecule has 0 radical (unpaired) electrons. The van der Waals surface area contributed by atoms with Gasteiger partial charge in [-0.1, -0.05) is 11.6 Å². The first-order chi connectivity index (χ1) is 9.44. The summed E-state index contributed by atoms with van der Waals surface area (Å²) in [6, 6.07) is 7.88. The van der Waals surface area contributed by atoms with E-state index < -0.39 is 9.84 Å². The predicted molar refractivity (Wildman–Crippen MR) is 77.5 cm³/mol. The molecule has 5 nitrogen and oxygen atoms in total. The molecule has 0 atom stereocenters. The number of benzene rings is 1. The summed E-state index contributed by atoms with van der Waals surface area (Å²) < 4.78 is 29.9. The van der Waals surface area contributed by atoms with Crippen LogP contribution in [0.25, 0.3) is 0 Å². The first-order valence-electron chi connectivity index (χ1n) is 5.69. The van der Waals surface area contributed by atoms with Crippen LogP contribution in [-0.2, 0) is 15.6 Å². The molecule has 2 N–H and O–H groups in total. The maximum Gasteiger partial charge on any atom is 0.201 e. The summed E-state index contributed by atoms with van der Waals surface area (Å²) in [5.41, 5.74) is 6.24. The fraction of sp³-hybridized carbons (Fsp3) is 0.154. The normalized spacial score (nSPS) is 11.3. The van der Waals surface area contributed by atoms with Gasteiger partial charge in [0, 0.05) is 16.8 Å². The Hall–Kier alpha value is -1.79. The molecule has 0 amide bonds. The topological polar surface area (TPSA) is 82.3 Å². The smallest absolute Gasteiger partial charge is 0.201 e. The standard InChI is InChI=1S/C13H13ClN2O3S/c1-19-12-5-4-10(14)7-9(12)8-20(17,18)13-11(15)3-2-6-16-13/h2-7H,8,15H2,1H3. The SMILES string of the molecule is COc1ccc(Cl)cc1CS(=O)(=O)c1ncccc1N. The van der Waals surface area contributed by atoms with E-state index in [1.54, 1.807) is 24.3 Å². The molecule has 0 saturated heterocycles. The van der Waals surface area contributed by atoms with Crippen molar-refractivity contribution in [2.24, 2.45) is 0 Å². The largest absolute Gasteiger partial charge is 0.496 e. The van der Waals surface area contributed by atoms with Crippen molar-refractivity contribution in [3.63, 3.8) is 0 Å². The van der Waals surface area contributed by atoms with E-state index in [-0.39, 0.29) is 16.5 Å². The zero-order chi connectivity index (χ0) is 14.8. The van der Waals surface area contributed by atoms with E-state index >= 15 is 0 Å². The summed E-state index contributed by atoms with van der Waals surface area (Å²) >= 11 is 5.89. The van der Waals surface area contributed by atoms with Gasteiger partial charge in [-0.25, -0.2) is 13.4 Å². The van der Waals surface area contributed by atoms with Gasteiger partial charge in [0.05, 0.1) is 18.6 Å². The van der Waals surface area contributed by atoms with E-state index in [4.69, 9.17) is 22.1 Å². The number of aromatic nitrogens is 1. The number of sulfone groups is 1. The number of nitrogen functional groups attached to an aromatic ring is 1. The summed E-state index contributed by atoms with van der Waals surface area (Å²) in [6.45, 7) is 0. The van der Waals surface area contributed by atoms with Crippen molar-refractivity contribution in [3.05, 3.63) is 47.1 Å². The molecule has 106 valence electrons. The van der Waals surface area contributed by atoms with Gasteiger partial charge in [-0.3, -0.25) is 0 Å². The monoisotopic (exact) mass is 312 g/mol. The third-order valence-corrected chi connectivity index (χ3v) is 4.54. The van der Waals surface area contributed by atoms with E-state index in [0.717, 1.165) is 0 Å². The maximum absolute atomic E-state index is 12.4. The second kappa shape index (κ2) is 5.68. The molecule has 0 aliphatic carbocycles. The van der Waals surface area contributed by atoms with Crippen molar-refractivity contribution in [2.45, 2.75) is 10.8 Å². The van der Waals surface area contributed by atoms with Crippen molar-refractivity contribution < 1.29 is 13.2 Å². The number of anilines is 1. The Kier molecular flexibility index (Phi) is 4.15. The Balaban J connectivity index is 2.44. The van der Waals surface area contributed by atoms with Gasteiger partial charge < -0.3 is 10.5 Å². The Morgan fingerprint density at radius 1 is 1.35 bits per heavy atom. The second-order valence-corrected chi connectivity index (χ2v) is 6.45. The van der Waals surface area contributed by atoms with Crippen LogP contribution in [0.3, 0.4) is 0 Å². The zero-order valence-electron chi connectivity index (χ0n) is 10.7. The molecule has 0 aliphatic heterocycles. The van der Waals surface area contributed by atoms with Gasteiger partial charge >= 0.3 is 0 Å². The summed E-state index contributed by atoms with van der Waals surface area (Å²) in [6.07, 6.45) is 1.39. The van der Waals surface area contributed by atoms with Crippen LogP contribution in [-0.4, -0.2) is 20.5 Å². The van der Waals surface area contributed by atoms with Crippen LogP contribution in [0, 0.1) is 0 Å². The predicted octanol–water partition coefficient (Wildman–Crippen LogP) is 2.30. The lowest BCUT2D eigenvalue weighted by molar-refractivity contribution is 0.411. The quantitative estimate of drug-likeness (QED) is 0.936. The number of halogens is 1. The molecule has 0 unspecified atom stereocenters. The third kappa shape index (κ3) is 3.02. The van der Waals surface area contributed by atoms with Gasteiger partial charge in [0.15, 0.2) is 5.03 Å². The minimum atomic E-state index is -3.67. The lowest BCUT2D eigenvalue weighted by atomic mass is 10.2. The van der Waals surface area contributed by atoms with E-state index in [9.17, 15) is 8.42 Å². The second-order valence-electron chi connectivity index (χ2n) is 4.11. The summed E-state index contributed by atoms with van der Waals surface area (Å²) in [5.74, 6) is 0.172. The number of nitrogens with zero attached hydrogens (tertiary/aromatic N) is 1. The number of rotatable bonds is 4. The van der Waals surface area contributed by atoms with Crippen molar-refractivity contribution >= 4 is 27.1 Å². The Morgan fingerprint density at radius 3 is 2.75 bits per heavy atom. The highest BCUT2D eigenvalue weighted by atomic mass is 35.5. The van der Waals surface area contributed by atoms with Crippen molar-refractivity contribution in [3.8, 4) is 5.75 Å². The molecule has 2 aromatic rings. The molecule has 1 aromatic heterocycles. The fourth-order valence-electron chi connectivity index (χ4n) is 1.80. The molecule has 0 spiro atoms. The number of pyridine rings is 1. The van der Waals surface area contributed by atoms with Crippen molar-refractivity contribution in [1.29, 1.82) is 0 Å². The molecule has 20 heavy (non-hydrogen) atoms. The molecular formula is C13H13ClN2O3S. The van der Waals surface area contributed by atoms with E-state index in [2.05, 4.69) is 4.98 Å². The number of ether oxygens (including phenoxy) is 1. The number of hydrogen-bond donors (Lipinski definition) is 1. The zero-order valence-corrected chi connectivity index (χ0v) is 12.3. The molecule has 0 saturated carbocycles. The molecular weight excluding hydrogens is 300 g/mol. The average molecular weight is 313 g/mol. The Morgan fingerprint density at radius 2 is 2.10 bits per heavy atom. The summed E-state index contributed by atoms with van der Waals surface area (Å²) in [7, 11) is -2.20. The van der Waals surface area contributed by atoms with E-state index in [1.165, 1.54) is 19.4 Å². The van der Waals surface area contributed by atoms with Crippen LogP contribution in [0.1, 0.15) is 5.56 Å². The average Bonchev–Trinajstić information content (AvgIpc) is 2.39. The first-order valence-corrected chi connectivity index (χ1v) is 7.73. The van der Waals surface area contributed by atoms with Gasteiger partial charge in [0.2, 0.25) is 9.84 Å². The van der Waals surface area contributed by atoms with Crippen LogP contribution >= 0.6 is 11.6 Å². The van der Waals surface area contributed by atoms with Gasteiger partial charge in [0.1, 0.15) is 5.75 Å². The molecule has 0 aliphatic rings.